The quantitative estimate of drug-likeness (QED) is 0.345. The van der Waals surface area contributed by atoms with E-state index < -0.39 is 5.79 Å². The molecule has 0 rings (SSSR count). The Morgan fingerprint density at radius 3 is 2.38 bits per heavy atom. The van der Waals surface area contributed by atoms with Gasteiger partial charge in [-0.1, -0.05) is 49.1 Å². The Morgan fingerprint density at radius 1 is 1.25 bits per heavy atom. The standard InChI is InChI=1S/C20H29NO3/c1-7-9-10-15(3)13-16(4)17(5)14-18(8-2)19(22)21-12-11-20(6,23)24/h7-10,13-14,23-24H,1,4,11-12H2,2-3,5-6H3,(H,21,22)/b10-9-,15-13-,17-14+,18-8+. The van der Waals surface area contributed by atoms with Gasteiger partial charge in [0.25, 0.3) is 5.91 Å². The highest BCUT2D eigenvalue weighted by Gasteiger charge is 2.15. The van der Waals surface area contributed by atoms with Crippen LogP contribution in [0, 0.1) is 0 Å². The Bertz CT molecular complexity index is 584. The van der Waals surface area contributed by atoms with E-state index in [9.17, 15) is 15.0 Å². The van der Waals surface area contributed by atoms with Crippen LogP contribution < -0.4 is 5.32 Å². The molecule has 0 fully saturated rings. The minimum atomic E-state index is -1.79. The van der Waals surface area contributed by atoms with Crippen molar-refractivity contribution >= 4 is 5.91 Å². The van der Waals surface area contributed by atoms with E-state index in [-0.39, 0.29) is 18.9 Å². The molecule has 1 amide bonds. The van der Waals surface area contributed by atoms with Crippen LogP contribution in [0.4, 0.5) is 0 Å². The lowest BCUT2D eigenvalue weighted by Gasteiger charge is -2.16. The lowest BCUT2D eigenvalue weighted by atomic mass is 10.0. The summed E-state index contributed by atoms with van der Waals surface area (Å²) in [6, 6.07) is 0. The summed E-state index contributed by atoms with van der Waals surface area (Å²) in [6.07, 6.45) is 10.9. The molecule has 24 heavy (non-hydrogen) atoms. The summed E-state index contributed by atoms with van der Waals surface area (Å²) in [5.41, 5.74) is 3.22. The highest BCUT2D eigenvalue weighted by molar-refractivity contribution is 5.96. The normalized spacial score (nSPS) is 14.0. The smallest absolute Gasteiger partial charge is 0.250 e. The van der Waals surface area contributed by atoms with Gasteiger partial charge in [0.1, 0.15) is 0 Å². The third-order valence-corrected chi connectivity index (χ3v) is 3.23. The van der Waals surface area contributed by atoms with Gasteiger partial charge in [-0.2, -0.15) is 0 Å². The summed E-state index contributed by atoms with van der Waals surface area (Å²) in [5.74, 6) is -2.05. The van der Waals surface area contributed by atoms with Crippen molar-refractivity contribution < 1.29 is 15.0 Å². The van der Waals surface area contributed by atoms with Gasteiger partial charge >= 0.3 is 0 Å². The molecule has 4 nitrogen and oxygen atoms in total. The molecule has 3 N–H and O–H groups in total. The molecule has 0 aromatic rings. The molecule has 4 heteroatoms. The van der Waals surface area contributed by atoms with Crippen molar-refractivity contribution in [2.75, 3.05) is 6.54 Å². The van der Waals surface area contributed by atoms with E-state index in [0.29, 0.717) is 5.57 Å². The van der Waals surface area contributed by atoms with E-state index in [0.717, 1.165) is 16.7 Å². The maximum atomic E-state index is 12.1. The van der Waals surface area contributed by atoms with Crippen LogP contribution in [0.2, 0.25) is 0 Å². The molecule has 0 aliphatic carbocycles. The average molecular weight is 331 g/mol. The molecule has 0 saturated carbocycles. The van der Waals surface area contributed by atoms with Gasteiger partial charge in [0.05, 0.1) is 0 Å². The van der Waals surface area contributed by atoms with Gasteiger partial charge in [0, 0.05) is 18.5 Å². The lowest BCUT2D eigenvalue weighted by Crippen LogP contribution is -2.32. The number of carbonyl (C=O) groups excluding carboxylic acids is 1. The van der Waals surface area contributed by atoms with E-state index >= 15 is 0 Å². The van der Waals surface area contributed by atoms with Crippen LogP contribution in [0.3, 0.4) is 0 Å². The molecule has 0 aliphatic heterocycles. The number of carbonyl (C=O) groups is 1. The lowest BCUT2D eigenvalue weighted by molar-refractivity contribution is -0.148. The largest absolute Gasteiger partial charge is 0.366 e. The average Bonchev–Trinajstić information content (AvgIpc) is 2.48. The van der Waals surface area contributed by atoms with Crippen LogP contribution in [0.1, 0.15) is 34.1 Å². The fraction of sp³-hybridized carbons (Fsp3) is 0.350. The third-order valence-electron chi connectivity index (χ3n) is 3.23. The molecule has 0 heterocycles. The first kappa shape index (κ1) is 21.8. The maximum Gasteiger partial charge on any atom is 0.250 e. The van der Waals surface area contributed by atoms with Crippen LogP contribution in [0.25, 0.3) is 0 Å². The first-order chi connectivity index (χ1) is 11.1. The van der Waals surface area contributed by atoms with Crippen molar-refractivity contribution in [3.05, 3.63) is 71.9 Å². The molecule has 132 valence electrons. The zero-order valence-electron chi connectivity index (χ0n) is 15.1. The molecule has 0 bridgehead atoms. The summed E-state index contributed by atoms with van der Waals surface area (Å²) in [7, 11) is 0. The van der Waals surface area contributed by atoms with Gasteiger partial charge < -0.3 is 15.5 Å². The topological polar surface area (TPSA) is 69.6 Å². The molecular formula is C20H29NO3. The van der Waals surface area contributed by atoms with Gasteiger partial charge in [-0.15, -0.1) is 0 Å². The minimum absolute atomic E-state index is 0.0582. The Labute approximate surface area is 145 Å². The summed E-state index contributed by atoms with van der Waals surface area (Å²) < 4.78 is 0. The summed E-state index contributed by atoms with van der Waals surface area (Å²) in [4.78, 5) is 12.1. The summed E-state index contributed by atoms with van der Waals surface area (Å²) in [5, 5.41) is 21.1. The number of hydrogen-bond donors (Lipinski definition) is 3. The second-order valence-corrected chi connectivity index (χ2v) is 5.80. The van der Waals surface area contributed by atoms with Crippen molar-refractivity contribution in [1.29, 1.82) is 0 Å². The fourth-order valence-corrected chi connectivity index (χ4v) is 1.78. The Kier molecular flexibility index (Phi) is 9.62. The Balaban J connectivity index is 4.92. The van der Waals surface area contributed by atoms with Gasteiger partial charge in [-0.05, 0) is 44.9 Å². The van der Waals surface area contributed by atoms with Gasteiger partial charge in [0.15, 0.2) is 5.79 Å². The molecule has 0 atom stereocenters. The number of allylic oxidation sites excluding steroid dienone is 8. The molecule has 0 unspecified atom stereocenters. The highest BCUT2D eigenvalue weighted by Crippen LogP contribution is 2.14. The van der Waals surface area contributed by atoms with Crippen LogP contribution in [-0.2, 0) is 4.79 Å². The summed E-state index contributed by atoms with van der Waals surface area (Å²) in [6.45, 7) is 14.7. The highest BCUT2D eigenvalue weighted by atomic mass is 16.5. The molecule has 0 saturated heterocycles. The van der Waals surface area contributed by atoms with Crippen molar-refractivity contribution in [2.45, 2.75) is 39.9 Å². The predicted molar refractivity (Wildman–Crippen MR) is 100 cm³/mol. The molecule has 0 aliphatic rings. The van der Waals surface area contributed by atoms with Gasteiger partial charge in [-0.3, -0.25) is 4.79 Å². The SMILES string of the molecule is C=C/C=C\C(C)=C/C(=C)/C(C)=C/C(=C\C)C(=O)NCCC(C)(O)O. The zero-order valence-corrected chi connectivity index (χ0v) is 15.1. The van der Waals surface area contributed by atoms with Gasteiger partial charge in [0.2, 0.25) is 0 Å². The number of rotatable bonds is 9. The Hall–Kier alpha value is -2.17. The number of hydrogen-bond acceptors (Lipinski definition) is 3. The molecular weight excluding hydrogens is 302 g/mol. The fourth-order valence-electron chi connectivity index (χ4n) is 1.78. The minimum Gasteiger partial charge on any atom is -0.366 e. The van der Waals surface area contributed by atoms with E-state index in [1.807, 2.05) is 32.1 Å². The number of nitrogens with one attached hydrogen (secondary N) is 1. The van der Waals surface area contributed by atoms with Crippen molar-refractivity contribution in [3.63, 3.8) is 0 Å². The van der Waals surface area contributed by atoms with E-state index in [4.69, 9.17) is 0 Å². The Morgan fingerprint density at radius 2 is 1.88 bits per heavy atom. The van der Waals surface area contributed by atoms with Crippen LogP contribution in [-0.4, -0.2) is 28.5 Å². The second-order valence-electron chi connectivity index (χ2n) is 5.80. The number of amides is 1. The third kappa shape index (κ3) is 9.77. The van der Waals surface area contributed by atoms with Crippen molar-refractivity contribution in [2.24, 2.45) is 0 Å². The van der Waals surface area contributed by atoms with E-state index in [1.165, 1.54) is 6.92 Å². The molecule has 0 aromatic carbocycles. The zero-order chi connectivity index (χ0) is 18.8. The van der Waals surface area contributed by atoms with Crippen LogP contribution in [0.5, 0.6) is 0 Å². The van der Waals surface area contributed by atoms with Gasteiger partial charge in [-0.25, -0.2) is 0 Å². The first-order valence-corrected chi connectivity index (χ1v) is 7.85. The first-order valence-electron chi connectivity index (χ1n) is 7.85. The predicted octanol–water partition coefficient (Wildman–Crippen LogP) is 3.33. The molecule has 0 spiro atoms. The second kappa shape index (κ2) is 10.6. The number of aliphatic hydroxyl groups is 2. The van der Waals surface area contributed by atoms with Crippen LogP contribution in [0.15, 0.2) is 71.9 Å². The monoisotopic (exact) mass is 331 g/mol. The van der Waals surface area contributed by atoms with E-state index in [1.54, 1.807) is 25.2 Å². The van der Waals surface area contributed by atoms with Crippen molar-refractivity contribution in [3.8, 4) is 0 Å². The maximum absolute atomic E-state index is 12.1. The molecule has 0 radical (unpaired) electrons. The molecule has 0 aromatic heterocycles. The van der Waals surface area contributed by atoms with Crippen molar-refractivity contribution in [1.82, 2.24) is 5.32 Å². The van der Waals surface area contributed by atoms with E-state index in [2.05, 4.69) is 18.5 Å². The van der Waals surface area contributed by atoms with Crippen LogP contribution >= 0.6 is 0 Å². The summed E-state index contributed by atoms with van der Waals surface area (Å²) >= 11 is 0.